The Morgan fingerprint density at radius 2 is 2.12 bits per heavy atom. The lowest BCUT2D eigenvalue weighted by Crippen LogP contribution is -2.32. The summed E-state index contributed by atoms with van der Waals surface area (Å²) in [5, 5.41) is 3.13. The van der Waals surface area contributed by atoms with Gasteiger partial charge in [-0.25, -0.2) is 4.98 Å². The molecule has 0 aromatic carbocycles. The topological polar surface area (TPSA) is 28.2 Å². The van der Waals surface area contributed by atoms with Crippen LogP contribution in [0.4, 0.5) is 5.82 Å². The van der Waals surface area contributed by atoms with E-state index < -0.39 is 0 Å². The van der Waals surface area contributed by atoms with Gasteiger partial charge in [0.15, 0.2) is 0 Å². The lowest BCUT2D eigenvalue weighted by atomic mass is 10.2. The van der Waals surface area contributed by atoms with E-state index in [2.05, 4.69) is 54.2 Å². The standard InChI is InChI=1S/C13H23N3/c1-5-9-16(11(2)3)13-8-6-7-12(15-13)10-14-4/h6-8,11,14H,5,9-10H2,1-4H3. The van der Waals surface area contributed by atoms with Gasteiger partial charge in [0.1, 0.15) is 5.82 Å². The van der Waals surface area contributed by atoms with Gasteiger partial charge in [-0.15, -0.1) is 0 Å². The van der Waals surface area contributed by atoms with Crippen molar-refractivity contribution in [2.75, 3.05) is 18.5 Å². The molecular formula is C13H23N3. The van der Waals surface area contributed by atoms with Gasteiger partial charge in [0, 0.05) is 19.1 Å². The van der Waals surface area contributed by atoms with Gasteiger partial charge in [-0.3, -0.25) is 0 Å². The van der Waals surface area contributed by atoms with E-state index in [0.29, 0.717) is 6.04 Å². The van der Waals surface area contributed by atoms with E-state index in [-0.39, 0.29) is 0 Å². The number of aromatic nitrogens is 1. The molecule has 1 rings (SSSR count). The van der Waals surface area contributed by atoms with Crippen molar-refractivity contribution in [2.24, 2.45) is 0 Å². The SMILES string of the molecule is CCCN(c1cccc(CNC)n1)C(C)C. The highest BCUT2D eigenvalue weighted by Gasteiger charge is 2.10. The third kappa shape index (κ3) is 3.49. The van der Waals surface area contributed by atoms with Crippen molar-refractivity contribution in [2.45, 2.75) is 39.8 Å². The summed E-state index contributed by atoms with van der Waals surface area (Å²) >= 11 is 0. The molecule has 16 heavy (non-hydrogen) atoms. The molecule has 0 spiro atoms. The van der Waals surface area contributed by atoms with Crippen molar-refractivity contribution in [3.05, 3.63) is 23.9 Å². The minimum absolute atomic E-state index is 0.497. The molecular weight excluding hydrogens is 198 g/mol. The summed E-state index contributed by atoms with van der Waals surface area (Å²) in [4.78, 5) is 7.01. The molecule has 0 saturated carbocycles. The molecule has 0 bridgehead atoms. The Balaban J connectivity index is 2.86. The molecule has 0 aliphatic heterocycles. The fourth-order valence-electron chi connectivity index (χ4n) is 1.78. The molecule has 90 valence electrons. The van der Waals surface area contributed by atoms with E-state index in [4.69, 9.17) is 0 Å². The number of nitrogens with zero attached hydrogens (tertiary/aromatic N) is 2. The fourth-order valence-corrected chi connectivity index (χ4v) is 1.78. The van der Waals surface area contributed by atoms with Crippen molar-refractivity contribution >= 4 is 5.82 Å². The molecule has 1 heterocycles. The average molecular weight is 221 g/mol. The summed E-state index contributed by atoms with van der Waals surface area (Å²) in [6, 6.07) is 6.73. The molecule has 1 N–H and O–H groups in total. The number of anilines is 1. The lowest BCUT2D eigenvalue weighted by molar-refractivity contribution is 0.658. The number of rotatable bonds is 6. The highest BCUT2D eigenvalue weighted by molar-refractivity contribution is 5.40. The van der Waals surface area contributed by atoms with Crippen molar-refractivity contribution in [3.63, 3.8) is 0 Å². The lowest BCUT2D eigenvalue weighted by Gasteiger charge is -2.27. The monoisotopic (exact) mass is 221 g/mol. The van der Waals surface area contributed by atoms with Crippen molar-refractivity contribution in [1.29, 1.82) is 0 Å². The van der Waals surface area contributed by atoms with Gasteiger partial charge in [-0.1, -0.05) is 13.0 Å². The van der Waals surface area contributed by atoms with Gasteiger partial charge in [0.2, 0.25) is 0 Å². The van der Waals surface area contributed by atoms with E-state index in [0.717, 1.165) is 31.0 Å². The van der Waals surface area contributed by atoms with E-state index in [1.165, 1.54) is 0 Å². The number of nitrogens with one attached hydrogen (secondary N) is 1. The van der Waals surface area contributed by atoms with Crippen molar-refractivity contribution in [1.82, 2.24) is 10.3 Å². The molecule has 0 aliphatic rings. The molecule has 0 amide bonds. The molecule has 0 atom stereocenters. The zero-order valence-electron chi connectivity index (χ0n) is 10.8. The second-order valence-electron chi connectivity index (χ2n) is 4.30. The molecule has 3 heteroatoms. The molecule has 0 fully saturated rings. The van der Waals surface area contributed by atoms with Crippen LogP contribution in [0.3, 0.4) is 0 Å². The number of hydrogen-bond donors (Lipinski definition) is 1. The largest absolute Gasteiger partial charge is 0.354 e. The Morgan fingerprint density at radius 1 is 1.38 bits per heavy atom. The van der Waals surface area contributed by atoms with Crippen LogP contribution in [0.2, 0.25) is 0 Å². The molecule has 0 unspecified atom stereocenters. The van der Waals surface area contributed by atoms with Gasteiger partial charge in [-0.2, -0.15) is 0 Å². The highest BCUT2D eigenvalue weighted by Crippen LogP contribution is 2.15. The summed E-state index contributed by atoms with van der Waals surface area (Å²) in [6.07, 6.45) is 1.15. The Bertz CT molecular complexity index is 310. The normalized spacial score (nSPS) is 10.8. The summed E-state index contributed by atoms with van der Waals surface area (Å²) in [6.45, 7) is 8.51. The van der Waals surface area contributed by atoms with Crippen LogP contribution in [0.15, 0.2) is 18.2 Å². The zero-order chi connectivity index (χ0) is 12.0. The molecule has 0 aliphatic carbocycles. The maximum Gasteiger partial charge on any atom is 0.129 e. The van der Waals surface area contributed by atoms with Crippen LogP contribution in [0.25, 0.3) is 0 Å². The van der Waals surface area contributed by atoms with Crippen molar-refractivity contribution in [3.8, 4) is 0 Å². The minimum atomic E-state index is 0.497. The van der Waals surface area contributed by atoms with Crippen LogP contribution in [0.5, 0.6) is 0 Å². The maximum atomic E-state index is 4.67. The zero-order valence-corrected chi connectivity index (χ0v) is 10.8. The van der Waals surface area contributed by atoms with Gasteiger partial charge >= 0.3 is 0 Å². The summed E-state index contributed by atoms with van der Waals surface area (Å²) < 4.78 is 0. The molecule has 0 radical (unpaired) electrons. The molecule has 1 aromatic rings. The van der Waals surface area contributed by atoms with E-state index in [9.17, 15) is 0 Å². The predicted octanol–water partition coefficient (Wildman–Crippen LogP) is 2.43. The fraction of sp³-hybridized carbons (Fsp3) is 0.615. The first-order valence-corrected chi connectivity index (χ1v) is 6.06. The minimum Gasteiger partial charge on any atom is -0.354 e. The first-order chi connectivity index (χ1) is 7.69. The van der Waals surface area contributed by atoms with Gasteiger partial charge in [0.25, 0.3) is 0 Å². The maximum absolute atomic E-state index is 4.67. The first kappa shape index (κ1) is 13.0. The Labute approximate surface area is 98.9 Å². The Morgan fingerprint density at radius 3 is 2.69 bits per heavy atom. The number of hydrogen-bond acceptors (Lipinski definition) is 3. The van der Waals surface area contributed by atoms with Crippen LogP contribution in [-0.2, 0) is 6.54 Å². The second kappa shape index (κ2) is 6.48. The van der Waals surface area contributed by atoms with Crippen molar-refractivity contribution < 1.29 is 0 Å². The second-order valence-corrected chi connectivity index (χ2v) is 4.30. The van der Waals surface area contributed by atoms with E-state index in [1.54, 1.807) is 0 Å². The third-order valence-corrected chi connectivity index (χ3v) is 2.53. The molecule has 1 aromatic heterocycles. The smallest absolute Gasteiger partial charge is 0.129 e. The van der Waals surface area contributed by atoms with Crippen LogP contribution in [-0.4, -0.2) is 24.6 Å². The van der Waals surface area contributed by atoms with Crippen LogP contribution >= 0.6 is 0 Å². The summed E-state index contributed by atoms with van der Waals surface area (Å²) in [7, 11) is 1.95. The Hall–Kier alpha value is -1.09. The van der Waals surface area contributed by atoms with Gasteiger partial charge in [0.05, 0.1) is 5.69 Å². The van der Waals surface area contributed by atoms with Crippen LogP contribution in [0, 0.1) is 0 Å². The molecule has 3 nitrogen and oxygen atoms in total. The molecule has 0 saturated heterocycles. The van der Waals surface area contributed by atoms with Gasteiger partial charge < -0.3 is 10.2 Å². The predicted molar refractivity (Wildman–Crippen MR) is 69.8 cm³/mol. The van der Waals surface area contributed by atoms with E-state index >= 15 is 0 Å². The average Bonchev–Trinajstić information content (AvgIpc) is 2.26. The van der Waals surface area contributed by atoms with Crippen LogP contribution in [0.1, 0.15) is 32.9 Å². The highest BCUT2D eigenvalue weighted by atomic mass is 15.2. The van der Waals surface area contributed by atoms with Crippen LogP contribution < -0.4 is 10.2 Å². The first-order valence-electron chi connectivity index (χ1n) is 6.06. The summed E-state index contributed by atoms with van der Waals surface area (Å²) in [5.74, 6) is 1.09. The van der Waals surface area contributed by atoms with E-state index in [1.807, 2.05) is 7.05 Å². The third-order valence-electron chi connectivity index (χ3n) is 2.53. The Kier molecular flexibility index (Phi) is 5.26. The summed E-state index contributed by atoms with van der Waals surface area (Å²) in [5.41, 5.74) is 1.10. The van der Waals surface area contributed by atoms with Gasteiger partial charge in [-0.05, 0) is 39.4 Å². The quantitative estimate of drug-likeness (QED) is 0.799. The number of pyridine rings is 1.